The first-order valence-electron chi connectivity index (χ1n) is 10.1. The van der Waals surface area contributed by atoms with Crippen LogP contribution in [-0.2, 0) is 9.59 Å². The van der Waals surface area contributed by atoms with Gasteiger partial charge < -0.3 is 15.3 Å². The van der Waals surface area contributed by atoms with Gasteiger partial charge in [0.15, 0.2) is 17.2 Å². The maximum atomic E-state index is 16.9. The van der Waals surface area contributed by atoms with E-state index < -0.39 is 52.4 Å². The van der Waals surface area contributed by atoms with E-state index in [1.165, 1.54) is 12.2 Å². The minimum atomic E-state index is -1.98. The summed E-state index contributed by atoms with van der Waals surface area (Å²) in [5.41, 5.74) is -5.17. The maximum absolute atomic E-state index is 16.9. The molecule has 3 saturated carbocycles. The van der Waals surface area contributed by atoms with Crippen LogP contribution < -0.4 is 0 Å². The molecule has 5 nitrogen and oxygen atoms in total. The molecule has 0 spiro atoms. The van der Waals surface area contributed by atoms with Crippen molar-refractivity contribution in [3.8, 4) is 0 Å². The largest absolute Gasteiger partial charge is 0.390 e. The Balaban J connectivity index is 1.84. The molecular weight excluding hydrogens is 363 g/mol. The third-order valence-corrected chi connectivity index (χ3v) is 8.79. The molecule has 4 aliphatic rings. The number of hydrogen-bond acceptors (Lipinski definition) is 5. The number of ketones is 2. The van der Waals surface area contributed by atoms with Crippen LogP contribution in [0.2, 0.25) is 0 Å². The molecule has 6 heteroatoms. The first kappa shape index (κ1) is 19.9. The molecule has 8 atom stereocenters. The Morgan fingerprint density at radius 3 is 2.64 bits per heavy atom. The zero-order valence-corrected chi connectivity index (χ0v) is 16.6. The van der Waals surface area contributed by atoms with Gasteiger partial charge in [0.25, 0.3) is 0 Å². The summed E-state index contributed by atoms with van der Waals surface area (Å²) in [4.78, 5) is 24.4. The highest BCUT2D eigenvalue weighted by Crippen LogP contribution is 2.70. The van der Waals surface area contributed by atoms with Crippen molar-refractivity contribution in [2.45, 2.75) is 63.8 Å². The van der Waals surface area contributed by atoms with Crippen LogP contribution in [-0.4, -0.2) is 50.9 Å². The van der Waals surface area contributed by atoms with Gasteiger partial charge in [0.2, 0.25) is 0 Å². The molecule has 3 fully saturated rings. The molecule has 154 valence electrons. The van der Waals surface area contributed by atoms with Crippen LogP contribution in [0.4, 0.5) is 4.39 Å². The number of Topliss-reactive ketones (excluding diaryl/α,β-unsaturated/α-hetero) is 1. The van der Waals surface area contributed by atoms with E-state index in [0.29, 0.717) is 24.8 Å². The molecule has 0 aliphatic heterocycles. The predicted octanol–water partition coefficient (Wildman–Crippen LogP) is 1.90. The summed E-state index contributed by atoms with van der Waals surface area (Å²) in [5.74, 6) is -2.12. The van der Waals surface area contributed by atoms with Gasteiger partial charge in [-0.2, -0.15) is 0 Å². The lowest BCUT2D eigenvalue weighted by Crippen LogP contribution is -2.69. The van der Waals surface area contributed by atoms with E-state index in [0.717, 1.165) is 0 Å². The second kappa shape index (κ2) is 5.83. The molecule has 3 N–H and O–H groups in total. The minimum Gasteiger partial charge on any atom is -0.390 e. The molecule has 4 rings (SSSR count). The number of hydrogen-bond donors (Lipinski definition) is 3. The Labute approximate surface area is 164 Å². The van der Waals surface area contributed by atoms with E-state index in [9.17, 15) is 24.9 Å². The SMILES string of the molecule is CC1CC2C3CCC4=CC(=O)C=C[C@]4(C)[C@@]3(F)C(O)C[C@]2(C)[C@@]1(O)C(=O)CO. The monoisotopic (exact) mass is 392 g/mol. The lowest BCUT2D eigenvalue weighted by molar-refractivity contribution is -0.219. The molecule has 0 radical (unpaired) electrons. The first-order chi connectivity index (χ1) is 13.0. The summed E-state index contributed by atoms with van der Waals surface area (Å²) in [6.45, 7) is 4.48. The Morgan fingerprint density at radius 2 is 2.00 bits per heavy atom. The van der Waals surface area contributed by atoms with Crippen molar-refractivity contribution >= 4 is 11.6 Å². The van der Waals surface area contributed by atoms with Crippen molar-refractivity contribution in [1.29, 1.82) is 0 Å². The van der Waals surface area contributed by atoms with Crippen molar-refractivity contribution in [3.05, 3.63) is 23.8 Å². The summed E-state index contributed by atoms with van der Waals surface area (Å²) in [6, 6.07) is 0. The summed E-state index contributed by atoms with van der Waals surface area (Å²) >= 11 is 0. The second-order valence-electron chi connectivity index (χ2n) is 9.75. The number of fused-ring (bicyclic) bond motifs is 5. The number of carbonyl (C=O) groups is 2. The molecular formula is C22H29FO5. The number of aliphatic hydroxyl groups is 3. The van der Waals surface area contributed by atoms with Crippen molar-refractivity contribution in [2.75, 3.05) is 6.61 Å². The fraction of sp³-hybridized carbons (Fsp3) is 0.727. The molecule has 0 saturated heterocycles. The molecule has 0 heterocycles. The standard InChI is InChI=1S/C22H29FO5/c1-12-8-16-15-5-4-13-9-14(25)6-7-19(13,2)21(15,23)17(26)10-20(16,3)22(12,28)18(27)11-24/h6-7,9,12,15-17,24,26,28H,4-5,8,10-11H2,1-3H3/t12?,15?,16?,17?,19-,20-,21-,22-/m0/s1. The highest BCUT2D eigenvalue weighted by atomic mass is 19.1. The summed E-state index contributed by atoms with van der Waals surface area (Å²) in [7, 11) is 0. The van der Waals surface area contributed by atoms with Gasteiger partial charge in [0.1, 0.15) is 12.2 Å². The van der Waals surface area contributed by atoms with Crippen LogP contribution in [0.25, 0.3) is 0 Å². The lowest BCUT2D eigenvalue weighted by atomic mass is 9.44. The number of allylic oxidation sites excluding steroid dienone is 4. The second-order valence-corrected chi connectivity index (χ2v) is 9.75. The zero-order chi connectivity index (χ0) is 20.7. The quantitative estimate of drug-likeness (QED) is 0.667. The van der Waals surface area contributed by atoms with Crippen LogP contribution in [0.5, 0.6) is 0 Å². The molecule has 0 aromatic heterocycles. The lowest BCUT2D eigenvalue weighted by Gasteiger charge is -2.62. The summed E-state index contributed by atoms with van der Waals surface area (Å²) < 4.78 is 16.9. The van der Waals surface area contributed by atoms with Gasteiger partial charge in [-0.15, -0.1) is 0 Å². The van der Waals surface area contributed by atoms with Gasteiger partial charge in [-0.3, -0.25) is 9.59 Å². The Bertz CT molecular complexity index is 805. The summed E-state index contributed by atoms with van der Waals surface area (Å²) in [6.07, 6.45) is 4.44. The van der Waals surface area contributed by atoms with Gasteiger partial charge >= 0.3 is 0 Å². The van der Waals surface area contributed by atoms with E-state index in [1.54, 1.807) is 26.8 Å². The zero-order valence-electron chi connectivity index (χ0n) is 16.6. The van der Waals surface area contributed by atoms with Crippen molar-refractivity contribution < 1.29 is 29.3 Å². The summed E-state index contributed by atoms with van der Waals surface area (Å²) in [5, 5.41) is 32.0. The normalized spacial score (nSPS) is 52.5. The van der Waals surface area contributed by atoms with Gasteiger partial charge in [-0.25, -0.2) is 4.39 Å². The van der Waals surface area contributed by atoms with E-state index in [1.807, 2.05) is 0 Å². The van der Waals surface area contributed by atoms with Crippen molar-refractivity contribution in [1.82, 2.24) is 0 Å². The van der Waals surface area contributed by atoms with E-state index in [4.69, 9.17) is 0 Å². The van der Waals surface area contributed by atoms with Crippen LogP contribution in [0.3, 0.4) is 0 Å². The predicted molar refractivity (Wildman–Crippen MR) is 99.9 cm³/mol. The number of aliphatic hydroxyl groups excluding tert-OH is 2. The van der Waals surface area contributed by atoms with Crippen LogP contribution in [0.15, 0.2) is 23.8 Å². The molecule has 0 bridgehead atoms. The Kier molecular flexibility index (Phi) is 4.15. The molecule has 0 amide bonds. The first-order valence-corrected chi connectivity index (χ1v) is 10.1. The number of carbonyl (C=O) groups excluding carboxylic acids is 2. The van der Waals surface area contributed by atoms with Crippen molar-refractivity contribution in [2.24, 2.45) is 28.6 Å². The van der Waals surface area contributed by atoms with Gasteiger partial charge in [-0.1, -0.05) is 25.5 Å². The maximum Gasteiger partial charge on any atom is 0.190 e. The smallest absolute Gasteiger partial charge is 0.190 e. The minimum absolute atomic E-state index is 0.0676. The topological polar surface area (TPSA) is 94.8 Å². The van der Waals surface area contributed by atoms with Gasteiger partial charge in [-0.05, 0) is 56.6 Å². The van der Waals surface area contributed by atoms with Gasteiger partial charge in [0.05, 0.1) is 6.10 Å². The number of alkyl halides is 1. The highest BCUT2D eigenvalue weighted by Gasteiger charge is 2.75. The van der Waals surface area contributed by atoms with Crippen LogP contribution in [0, 0.1) is 28.6 Å². The molecule has 4 aliphatic carbocycles. The van der Waals surface area contributed by atoms with Gasteiger partial charge in [0, 0.05) is 16.7 Å². The number of halogens is 1. The average Bonchev–Trinajstić information content (AvgIpc) is 2.84. The number of rotatable bonds is 2. The van der Waals surface area contributed by atoms with Crippen LogP contribution >= 0.6 is 0 Å². The third-order valence-electron chi connectivity index (χ3n) is 8.79. The fourth-order valence-corrected chi connectivity index (χ4v) is 7.26. The van der Waals surface area contributed by atoms with E-state index >= 15 is 4.39 Å². The molecule has 4 unspecified atom stereocenters. The van der Waals surface area contributed by atoms with Crippen LogP contribution in [0.1, 0.15) is 46.5 Å². The average molecular weight is 392 g/mol. The van der Waals surface area contributed by atoms with E-state index in [-0.39, 0.29) is 18.1 Å². The molecule has 0 aromatic rings. The molecule has 28 heavy (non-hydrogen) atoms. The Hall–Kier alpha value is -1.37. The fourth-order valence-electron chi connectivity index (χ4n) is 7.26. The van der Waals surface area contributed by atoms with E-state index in [2.05, 4.69) is 0 Å². The third kappa shape index (κ3) is 2.01. The Morgan fingerprint density at radius 1 is 1.32 bits per heavy atom. The highest BCUT2D eigenvalue weighted by molar-refractivity contribution is 6.01. The van der Waals surface area contributed by atoms with Crippen molar-refractivity contribution in [3.63, 3.8) is 0 Å². The molecule has 0 aromatic carbocycles.